The van der Waals surface area contributed by atoms with E-state index < -0.39 is 0 Å². The van der Waals surface area contributed by atoms with Gasteiger partial charge in [0.05, 0.1) is 6.61 Å². The largest absolute Gasteiger partial charge is 0.383 e. The van der Waals surface area contributed by atoms with E-state index in [1.807, 2.05) is 12.1 Å². The molecule has 0 unspecified atom stereocenters. The summed E-state index contributed by atoms with van der Waals surface area (Å²) in [6.07, 6.45) is 1.33. The molecule has 3 nitrogen and oxygen atoms in total. The van der Waals surface area contributed by atoms with E-state index in [1.165, 1.54) is 11.1 Å². The van der Waals surface area contributed by atoms with Crippen LogP contribution in [0.25, 0.3) is 0 Å². The lowest BCUT2D eigenvalue weighted by Gasteiger charge is -2.06. The SMILES string of the molecule is COCCNC(=O)CCc1ccccc1C. The Hall–Kier alpha value is -1.35. The molecule has 0 aliphatic carbocycles. The molecule has 0 saturated heterocycles. The first kappa shape index (κ1) is 12.7. The summed E-state index contributed by atoms with van der Waals surface area (Å²) in [5.41, 5.74) is 2.48. The molecule has 3 heteroatoms. The molecule has 0 spiro atoms. The molecule has 1 aromatic carbocycles. The molecular formula is C13H19NO2. The lowest BCUT2D eigenvalue weighted by molar-refractivity contribution is -0.121. The average molecular weight is 221 g/mol. The maximum Gasteiger partial charge on any atom is 0.220 e. The lowest BCUT2D eigenvalue weighted by Crippen LogP contribution is -2.27. The summed E-state index contributed by atoms with van der Waals surface area (Å²) in [5.74, 6) is 0.0836. The number of carbonyl (C=O) groups excluding carboxylic acids is 1. The minimum atomic E-state index is 0.0836. The summed E-state index contributed by atoms with van der Waals surface area (Å²) in [4.78, 5) is 11.4. The van der Waals surface area contributed by atoms with Crippen molar-refractivity contribution in [3.8, 4) is 0 Å². The average Bonchev–Trinajstić information content (AvgIpc) is 2.28. The van der Waals surface area contributed by atoms with Gasteiger partial charge in [-0.15, -0.1) is 0 Å². The van der Waals surface area contributed by atoms with Crippen LogP contribution in [0, 0.1) is 6.92 Å². The minimum absolute atomic E-state index is 0.0836. The van der Waals surface area contributed by atoms with Crippen molar-refractivity contribution in [3.05, 3.63) is 35.4 Å². The van der Waals surface area contributed by atoms with Crippen LogP contribution in [0.4, 0.5) is 0 Å². The van der Waals surface area contributed by atoms with Crippen LogP contribution in [0.5, 0.6) is 0 Å². The number of benzene rings is 1. The fourth-order valence-corrected chi connectivity index (χ4v) is 1.52. The molecule has 0 radical (unpaired) electrons. The highest BCUT2D eigenvalue weighted by Gasteiger charge is 2.02. The van der Waals surface area contributed by atoms with Crippen LogP contribution >= 0.6 is 0 Å². The Labute approximate surface area is 96.8 Å². The number of carbonyl (C=O) groups is 1. The van der Waals surface area contributed by atoms with Crippen molar-refractivity contribution >= 4 is 5.91 Å². The van der Waals surface area contributed by atoms with Crippen LogP contribution in [0.1, 0.15) is 17.5 Å². The highest BCUT2D eigenvalue weighted by molar-refractivity contribution is 5.76. The van der Waals surface area contributed by atoms with Gasteiger partial charge in [0.15, 0.2) is 0 Å². The molecule has 1 amide bonds. The van der Waals surface area contributed by atoms with Gasteiger partial charge < -0.3 is 10.1 Å². The molecule has 0 aliphatic rings. The first-order valence-corrected chi connectivity index (χ1v) is 5.54. The second-order valence-electron chi connectivity index (χ2n) is 3.77. The number of nitrogens with one attached hydrogen (secondary N) is 1. The van der Waals surface area contributed by atoms with Crippen LogP contribution < -0.4 is 5.32 Å². The van der Waals surface area contributed by atoms with Crippen molar-refractivity contribution in [3.63, 3.8) is 0 Å². The number of ether oxygens (including phenoxy) is 1. The Morgan fingerprint density at radius 2 is 2.12 bits per heavy atom. The van der Waals surface area contributed by atoms with Crippen LogP contribution in [0.15, 0.2) is 24.3 Å². The van der Waals surface area contributed by atoms with Crippen LogP contribution in [-0.2, 0) is 16.0 Å². The summed E-state index contributed by atoms with van der Waals surface area (Å²) in [6, 6.07) is 8.15. The summed E-state index contributed by atoms with van der Waals surface area (Å²) < 4.78 is 4.86. The van der Waals surface area contributed by atoms with Gasteiger partial charge in [-0.1, -0.05) is 24.3 Å². The molecule has 0 aliphatic heterocycles. The first-order valence-electron chi connectivity index (χ1n) is 5.54. The highest BCUT2D eigenvalue weighted by Crippen LogP contribution is 2.09. The van der Waals surface area contributed by atoms with E-state index in [1.54, 1.807) is 7.11 Å². The number of methoxy groups -OCH3 is 1. The summed E-state index contributed by atoms with van der Waals surface area (Å²) >= 11 is 0. The molecule has 0 heterocycles. The Morgan fingerprint density at radius 1 is 1.38 bits per heavy atom. The van der Waals surface area contributed by atoms with Gasteiger partial charge in [0.1, 0.15) is 0 Å². The monoisotopic (exact) mass is 221 g/mol. The zero-order chi connectivity index (χ0) is 11.8. The topological polar surface area (TPSA) is 38.3 Å². The molecule has 88 valence electrons. The summed E-state index contributed by atoms with van der Waals surface area (Å²) in [5, 5.41) is 2.81. The fourth-order valence-electron chi connectivity index (χ4n) is 1.52. The van der Waals surface area contributed by atoms with Crippen LogP contribution in [-0.4, -0.2) is 26.2 Å². The predicted octanol–water partition coefficient (Wildman–Crippen LogP) is 1.69. The Balaban J connectivity index is 2.29. The smallest absolute Gasteiger partial charge is 0.220 e. The number of rotatable bonds is 6. The zero-order valence-corrected chi connectivity index (χ0v) is 9.95. The minimum Gasteiger partial charge on any atom is -0.383 e. The summed E-state index contributed by atoms with van der Waals surface area (Å²) in [7, 11) is 1.62. The third kappa shape index (κ3) is 4.45. The number of aryl methyl sites for hydroxylation is 2. The van der Waals surface area contributed by atoms with E-state index in [2.05, 4.69) is 24.4 Å². The van der Waals surface area contributed by atoms with E-state index in [0.717, 1.165) is 6.42 Å². The van der Waals surface area contributed by atoms with Crippen molar-refractivity contribution in [2.24, 2.45) is 0 Å². The quantitative estimate of drug-likeness (QED) is 0.742. The second kappa shape index (κ2) is 7.01. The maximum atomic E-state index is 11.4. The van der Waals surface area contributed by atoms with Gasteiger partial charge in [-0.05, 0) is 24.5 Å². The Kier molecular flexibility index (Phi) is 5.57. The Morgan fingerprint density at radius 3 is 2.81 bits per heavy atom. The summed E-state index contributed by atoms with van der Waals surface area (Å²) in [6.45, 7) is 3.22. The van der Waals surface area contributed by atoms with Crippen molar-refractivity contribution in [2.45, 2.75) is 19.8 Å². The fraction of sp³-hybridized carbons (Fsp3) is 0.462. The second-order valence-corrected chi connectivity index (χ2v) is 3.77. The van der Waals surface area contributed by atoms with E-state index in [-0.39, 0.29) is 5.91 Å². The van der Waals surface area contributed by atoms with Gasteiger partial charge in [0.25, 0.3) is 0 Å². The Bertz CT molecular complexity index is 336. The van der Waals surface area contributed by atoms with E-state index in [4.69, 9.17) is 4.74 Å². The molecule has 0 fully saturated rings. The van der Waals surface area contributed by atoms with E-state index in [0.29, 0.717) is 19.6 Å². The van der Waals surface area contributed by atoms with Gasteiger partial charge >= 0.3 is 0 Å². The van der Waals surface area contributed by atoms with Crippen molar-refractivity contribution in [1.29, 1.82) is 0 Å². The zero-order valence-electron chi connectivity index (χ0n) is 9.95. The molecule has 0 bridgehead atoms. The van der Waals surface area contributed by atoms with Crippen LogP contribution in [0.3, 0.4) is 0 Å². The van der Waals surface area contributed by atoms with Gasteiger partial charge in [-0.2, -0.15) is 0 Å². The molecule has 0 saturated carbocycles. The standard InChI is InChI=1S/C13H19NO2/c1-11-5-3-4-6-12(11)7-8-13(15)14-9-10-16-2/h3-6H,7-10H2,1-2H3,(H,14,15). The van der Waals surface area contributed by atoms with Gasteiger partial charge in [0, 0.05) is 20.1 Å². The lowest BCUT2D eigenvalue weighted by atomic mass is 10.0. The van der Waals surface area contributed by atoms with E-state index >= 15 is 0 Å². The molecular weight excluding hydrogens is 202 g/mol. The van der Waals surface area contributed by atoms with Crippen molar-refractivity contribution < 1.29 is 9.53 Å². The number of hydrogen-bond acceptors (Lipinski definition) is 2. The molecule has 0 aromatic heterocycles. The third-order valence-electron chi connectivity index (χ3n) is 2.51. The molecule has 1 N–H and O–H groups in total. The maximum absolute atomic E-state index is 11.4. The predicted molar refractivity (Wildman–Crippen MR) is 64.4 cm³/mol. The van der Waals surface area contributed by atoms with Crippen LogP contribution in [0.2, 0.25) is 0 Å². The molecule has 1 rings (SSSR count). The normalized spacial score (nSPS) is 10.1. The molecule has 0 atom stereocenters. The highest BCUT2D eigenvalue weighted by atomic mass is 16.5. The third-order valence-corrected chi connectivity index (χ3v) is 2.51. The van der Waals surface area contributed by atoms with Crippen molar-refractivity contribution in [2.75, 3.05) is 20.3 Å². The van der Waals surface area contributed by atoms with E-state index in [9.17, 15) is 4.79 Å². The number of amides is 1. The number of hydrogen-bond donors (Lipinski definition) is 1. The van der Waals surface area contributed by atoms with Crippen molar-refractivity contribution in [1.82, 2.24) is 5.32 Å². The molecule has 16 heavy (non-hydrogen) atoms. The van der Waals surface area contributed by atoms with Gasteiger partial charge in [-0.25, -0.2) is 0 Å². The van der Waals surface area contributed by atoms with Gasteiger partial charge in [0.2, 0.25) is 5.91 Å². The molecule has 1 aromatic rings. The first-order chi connectivity index (χ1) is 7.74. The van der Waals surface area contributed by atoms with Gasteiger partial charge in [-0.3, -0.25) is 4.79 Å².